The molecular weight excluding hydrogens is 354 g/mol. The number of carboxylic acid groups (broad SMARTS) is 1. The van der Waals surface area contributed by atoms with Crippen LogP contribution in [0.5, 0.6) is 0 Å². The van der Waals surface area contributed by atoms with Crippen LogP contribution in [0.2, 0.25) is 5.02 Å². The lowest BCUT2D eigenvalue weighted by Crippen LogP contribution is -2.36. The van der Waals surface area contributed by atoms with E-state index in [9.17, 15) is 13.2 Å². The maximum atomic E-state index is 12.8. The molecule has 1 saturated carbocycles. The molecule has 1 heterocycles. The molecule has 0 radical (unpaired) electrons. The van der Waals surface area contributed by atoms with Gasteiger partial charge in [-0.1, -0.05) is 11.6 Å². The van der Waals surface area contributed by atoms with Gasteiger partial charge in [0.05, 0.1) is 34.3 Å². The number of carboxylic acids is 1. The number of hydrogen-bond donors (Lipinski definition) is 1. The van der Waals surface area contributed by atoms with E-state index in [0.717, 1.165) is 18.8 Å². The van der Waals surface area contributed by atoms with Crippen molar-refractivity contribution in [2.45, 2.75) is 29.4 Å². The Hall–Kier alpha value is -1.31. The minimum Gasteiger partial charge on any atom is -0.481 e. The van der Waals surface area contributed by atoms with E-state index in [1.807, 2.05) is 0 Å². The number of morpholine rings is 1. The highest BCUT2D eigenvalue weighted by atomic mass is 35.5. The van der Waals surface area contributed by atoms with Crippen molar-refractivity contribution in [2.75, 3.05) is 31.2 Å². The van der Waals surface area contributed by atoms with Gasteiger partial charge in [-0.15, -0.1) is 0 Å². The topological polar surface area (TPSA) is 83.9 Å². The maximum absolute atomic E-state index is 12.8. The lowest BCUT2D eigenvalue weighted by molar-refractivity contribution is -0.141. The molecule has 0 bridgehead atoms. The van der Waals surface area contributed by atoms with E-state index in [4.69, 9.17) is 21.4 Å². The molecule has 1 aliphatic carbocycles. The van der Waals surface area contributed by atoms with Crippen molar-refractivity contribution in [1.29, 1.82) is 0 Å². The van der Waals surface area contributed by atoms with Gasteiger partial charge < -0.3 is 14.7 Å². The fourth-order valence-electron chi connectivity index (χ4n) is 3.36. The van der Waals surface area contributed by atoms with E-state index < -0.39 is 27.0 Å². The summed E-state index contributed by atoms with van der Waals surface area (Å²) in [5.41, 5.74) is 0.872. The first kappa shape index (κ1) is 17.5. The number of anilines is 1. The molecule has 8 heteroatoms. The van der Waals surface area contributed by atoms with Gasteiger partial charge in [-0.2, -0.15) is 0 Å². The molecule has 0 unspecified atom stereocenters. The Labute approximate surface area is 146 Å². The van der Waals surface area contributed by atoms with Crippen molar-refractivity contribution in [3.8, 4) is 0 Å². The molecule has 3 rings (SSSR count). The Bertz CT molecular complexity index is 730. The van der Waals surface area contributed by atoms with Gasteiger partial charge >= 0.3 is 5.97 Å². The van der Waals surface area contributed by atoms with Crippen LogP contribution in [0.25, 0.3) is 0 Å². The normalized spacial score (nSPS) is 25.0. The molecule has 6 nitrogen and oxygen atoms in total. The predicted molar refractivity (Wildman–Crippen MR) is 90.4 cm³/mol. The number of hydrogen-bond acceptors (Lipinski definition) is 5. The third-order valence-corrected chi connectivity index (χ3v) is 7.47. The van der Waals surface area contributed by atoms with Crippen LogP contribution < -0.4 is 4.90 Å². The molecule has 1 saturated heterocycles. The Kier molecular flexibility index (Phi) is 5.03. The Balaban J connectivity index is 1.82. The lowest BCUT2D eigenvalue weighted by Gasteiger charge is -2.29. The number of rotatable bonds is 4. The smallest absolute Gasteiger partial charge is 0.306 e. The summed E-state index contributed by atoms with van der Waals surface area (Å²) >= 11 is 6.26. The van der Waals surface area contributed by atoms with E-state index in [-0.39, 0.29) is 16.3 Å². The van der Waals surface area contributed by atoms with E-state index in [1.165, 1.54) is 6.07 Å². The van der Waals surface area contributed by atoms with Crippen LogP contribution in [0.1, 0.15) is 19.3 Å². The summed E-state index contributed by atoms with van der Waals surface area (Å²) in [5.74, 6) is -1.52. The number of aliphatic carboxylic acids is 1. The fourth-order valence-corrected chi connectivity index (χ4v) is 5.74. The van der Waals surface area contributed by atoms with Gasteiger partial charge in [-0.25, -0.2) is 8.42 Å². The number of halogens is 1. The number of nitrogens with zero attached hydrogens (tertiary/aromatic N) is 1. The number of sulfone groups is 1. The molecule has 2 aliphatic rings. The monoisotopic (exact) mass is 373 g/mol. The Morgan fingerprint density at radius 3 is 2.54 bits per heavy atom. The van der Waals surface area contributed by atoms with Gasteiger partial charge in [0.1, 0.15) is 0 Å². The van der Waals surface area contributed by atoms with Gasteiger partial charge in [0.2, 0.25) is 0 Å². The van der Waals surface area contributed by atoms with Crippen LogP contribution in [0.15, 0.2) is 23.1 Å². The van der Waals surface area contributed by atoms with Crippen LogP contribution >= 0.6 is 11.6 Å². The lowest BCUT2D eigenvalue weighted by atomic mass is 10.1. The molecule has 0 amide bonds. The molecule has 1 N–H and O–H groups in total. The maximum Gasteiger partial charge on any atom is 0.306 e. The van der Waals surface area contributed by atoms with Crippen molar-refractivity contribution in [2.24, 2.45) is 5.92 Å². The SMILES string of the molecule is O=C(O)[C@@H]1CC[C@@H](S(=O)(=O)c2ccc(N3CCOCC3)cc2Cl)C1. The van der Waals surface area contributed by atoms with Crippen LogP contribution in [0.3, 0.4) is 0 Å². The quantitative estimate of drug-likeness (QED) is 0.871. The molecule has 24 heavy (non-hydrogen) atoms. The molecule has 132 valence electrons. The van der Waals surface area contributed by atoms with Gasteiger partial charge in [-0.3, -0.25) is 4.79 Å². The first-order chi connectivity index (χ1) is 11.4. The largest absolute Gasteiger partial charge is 0.481 e. The van der Waals surface area contributed by atoms with Crippen molar-refractivity contribution < 1.29 is 23.1 Å². The highest BCUT2D eigenvalue weighted by molar-refractivity contribution is 7.92. The van der Waals surface area contributed by atoms with Gasteiger partial charge in [-0.05, 0) is 37.5 Å². The molecular formula is C16H20ClNO5S. The van der Waals surface area contributed by atoms with Crippen molar-refractivity contribution in [1.82, 2.24) is 0 Å². The number of benzene rings is 1. The van der Waals surface area contributed by atoms with Crippen molar-refractivity contribution in [3.63, 3.8) is 0 Å². The average molecular weight is 374 g/mol. The second kappa shape index (κ2) is 6.90. The first-order valence-electron chi connectivity index (χ1n) is 7.98. The summed E-state index contributed by atoms with van der Waals surface area (Å²) in [6.07, 6.45) is 0.906. The minimum atomic E-state index is -3.62. The third-order valence-electron chi connectivity index (χ3n) is 4.77. The average Bonchev–Trinajstić information content (AvgIpc) is 3.06. The first-order valence-corrected chi connectivity index (χ1v) is 9.91. The zero-order valence-electron chi connectivity index (χ0n) is 13.2. The molecule has 0 spiro atoms. The Morgan fingerprint density at radius 2 is 1.96 bits per heavy atom. The van der Waals surface area contributed by atoms with Crippen molar-refractivity contribution >= 4 is 33.1 Å². The van der Waals surface area contributed by atoms with Crippen LogP contribution in [0, 0.1) is 5.92 Å². The van der Waals surface area contributed by atoms with Crippen molar-refractivity contribution in [3.05, 3.63) is 23.2 Å². The predicted octanol–water partition coefficient (Wildman–Crippen LogP) is 2.20. The molecule has 0 aromatic heterocycles. The third kappa shape index (κ3) is 3.38. The zero-order valence-corrected chi connectivity index (χ0v) is 14.7. The summed E-state index contributed by atoms with van der Waals surface area (Å²) in [6.45, 7) is 2.75. The Morgan fingerprint density at radius 1 is 1.25 bits per heavy atom. The molecule has 2 atom stereocenters. The number of carbonyl (C=O) groups is 1. The van der Waals surface area contributed by atoms with E-state index in [1.54, 1.807) is 12.1 Å². The van der Waals surface area contributed by atoms with E-state index >= 15 is 0 Å². The second-order valence-electron chi connectivity index (χ2n) is 6.23. The summed E-state index contributed by atoms with van der Waals surface area (Å²) in [7, 11) is -3.62. The zero-order chi connectivity index (χ0) is 17.3. The minimum absolute atomic E-state index is 0.0946. The molecule has 1 aromatic carbocycles. The van der Waals surface area contributed by atoms with E-state index in [2.05, 4.69) is 4.90 Å². The van der Waals surface area contributed by atoms with Crippen LogP contribution in [0.4, 0.5) is 5.69 Å². The molecule has 2 fully saturated rings. The van der Waals surface area contributed by atoms with Gasteiger partial charge in [0.25, 0.3) is 0 Å². The van der Waals surface area contributed by atoms with Gasteiger partial charge in [0.15, 0.2) is 9.84 Å². The highest BCUT2D eigenvalue weighted by Crippen LogP contribution is 2.37. The van der Waals surface area contributed by atoms with E-state index in [0.29, 0.717) is 26.1 Å². The molecule has 1 aliphatic heterocycles. The second-order valence-corrected chi connectivity index (χ2v) is 8.83. The fraction of sp³-hybridized carbons (Fsp3) is 0.562. The van der Waals surface area contributed by atoms with Crippen LogP contribution in [-0.4, -0.2) is 51.0 Å². The summed E-state index contributed by atoms with van der Waals surface area (Å²) < 4.78 is 30.9. The summed E-state index contributed by atoms with van der Waals surface area (Å²) in [4.78, 5) is 13.3. The molecule has 1 aromatic rings. The van der Waals surface area contributed by atoms with Crippen LogP contribution in [-0.2, 0) is 19.4 Å². The standard InChI is InChI=1S/C16H20ClNO5S/c17-14-10-12(18-5-7-23-8-6-18)2-4-15(14)24(21,22)13-3-1-11(9-13)16(19)20/h2,4,10-11,13H,1,3,5-9H2,(H,19,20)/t11-,13-/m1/s1. The summed E-state index contributed by atoms with van der Waals surface area (Å²) in [5, 5.41) is 8.58. The van der Waals surface area contributed by atoms with Gasteiger partial charge in [0, 0.05) is 18.8 Å². The summed E-state index contributed by atoms with van der Waals surface area (Å²) in [6, 6.07) is 4.97. The number of ether oxygens (including phenoxy) is 1. The highest BCUT2D eigenvalue weighted by Gasteiger charge is 2.39.